The van der Waals surface area contributed by atoms with Crippen molar-refractivity contribution in [2.24, 2.45) is 0 Å². The first kappa shape index (κ1) is 10.3. The molecule has 0 bridgehead atoms. The first-order chi connectivity index (χ1) is 7.21. The van der Waals surface area contributed by atoms with E-state index < -0.39 is 13.5 Å². The van der Waals surface area contributed by atoms with Gasteiger partial charge < -0.3 is 0 Å². The van der Waals surface area contributed by atoms with Gasteiger partial charge in [-0.1, -0.05) is 0 Å². The molecule has 0 aliphatic heterocycles. The van der Waals surface area contributed by atoms with Gasteiger partial charge in [-0.25, -0.2) is 0 Å². The molecule has 0 unspecified atom stereocenters. The average Bonchev–Trinajstić information content (AvgIpc) is 2.31. The van der Waals surface area contributed by atoms with Gasteiger partial charge in [-0.05, 0) is 0 Å². The molecule has 2 aromatic carbocycles. The third-order valence-electron chi connectivity index (χ3n) is 2.50. The van der Waals surface area contributed by atoms with Gasteiger partial charge in [0.2, 0.25) is 0 Å². The van der Waals surface area contributed by atoms with Gasteiger partial charge in [0.05, 0.1) is 0 Å². The summed E-state index contributed by atoms with van der Waals surface area (Å²) in [6.07, 6.45) is 0. The molecule has 0 N–H and O–H groups in total. The Morgan fingerprint density at radius 1 is 0.733 bits per heavy atom. The standard InChI is InChI=1S/C13H13AsO/c1-14(15,12-8-4-2-5-9-12)13-10-6-3-7-11-13/h2-11H,1H3. The molecule has 2 rings (SSSR count). The molecule has 2 aromatic rings. The molecule has 0 aromatic heterocycles. The zero-order valence-corrected chi connectivity index (χ0v) is 10.5. The Hall–Kier alpha value is -1.20. The summed E-state index contributed by atoms with van der Waals surface area (Å²) in [5, 5.41) is 0. The van der Waals surface area contributed by atoms with E-state index in [1.54, 1.807) is 0 Å². The summed E-state index contributed by atoms with van der Waals surface area (Å²) < 4.78 is 14.6. The van der Waals surface area contributed by atoms with E-state index in [9.17, 15) is 3.74 Å². The number of hydrogen-bond donors (Lipinski definition) is 0. The van der Waals surface area contributed by atoms with Crippen LogP contribution >= 0.6 is 0 Å². The predicted octanol–water partition coefficient (Wildman–Crippen LogP) is 1.81. The van der Waals surface area contributed by atoms with E-state index in [4.69, 9.17) is 0 Å². The van der Waals surface area contributed by atoms with E-state index >= 15 is 0 Å². The van der Waals surface area contributed by atoms with Crippen molar-refractivity contribution in [1.82, 2.24) is 0 Å². The van der Waals surface area contributed by atoms with Crippen LogP contribution in [0.25, 0.3) is 0 Å². The quantitative estimate of drug-likeness (QED) is 0.753. The van der Waals surface area contributed by atoms with E-state index in [0.717, 1.165) is 8.70 Å². The summed E-state index contributed by atoms with van der Waals surface area (Å²) in [5.74, 6) is 0. The average molecular weight is 260 g/mol. The first-order valence-corrected chi connectivity index (χ1v) is 9.42. The van der Waals surface area contributed by atoms with Gasteiger partial charge in [0.25, 0.3) is 0 Å². The second kappa shape index (κ2) is 4.12. The van der Waals surface area contributed by atoms with Crippen LogP contribution in [0.2, 0.25) is 5.71 Å². The van der Waals surface area contributed by atoms with Crippen molar-refractivity contribution < 1.29 is 3.74 Å². The number of hydrogen-bond acceptors (Lipinski definition) is 1. The van der Waals surface area contributed by atoms with E-state index in [1.807, 2.05) is 66.4 Å². The Bertz CT molecular complexity index is 433. The molecule has 0 spiro atoms. The molecule has 0 aliphatic rings. The molecule has 0 fully saturated rings. The molecule has 2 heteroatoms. The zero-order chi connectivity index (χ0) is 10.7. The Morgan fingerprint density at radius 2 is 1.07 bits per heavy atom. The molecular formula is C13H13AsO. The van der Waals surface area contributed by atoms with E-state index in [2.05, 4.69) is 0 Å². The number of benzene rings is 2. The third kappa shape index (κ3) is 2.08. The van der Waals surface area contributed by atoms with Gasteiger partial charge in [-0.2, -0.15) is 0 Å². The maximum absolute atomic E-state index is 12.7. The van der Waals surface area contributed by atoms with E-state index in [0.29, 0.717) is 0 Å². The van der Waals surface area contributed by atoms with E-state index in [-0.39, 0.29) is 0 Å². The molecule has 0 radical (unpaired) electrons. The van der Waals surface area contributed by atoms with Crippen LogP contribution in [0.5, 0.6) is 0 Å². The molecule has 0 heterocycles. The van der Waals surface area contributed by atoms with Crippen molar-refractivity contribution >= 4 is 22.2 Å². The third-order valence-corrected chi connectivity index (χ3v) is 7.88. The second-order valence-corrected chi connectivity index (χ2v) is 9.64. The van der Waals surface area contributed by atoms with Crippen molar-refractivity contribution in [1.29, 1.82) is 0 Å². The van der Waals surface area contributed by atoms with Gasteiger partial charge in [0, 0.05) is 0 Å². The fraction of sp³-hybridized carbons (Fsp3) is 0.0769. The molecule has 76 valence electrons. The van der Waals surface area contributed by atoms with Crippen LogP contribution < -0.4 is 8.70 Å². The molecule has 0 atom stereocenters. The van der Waals surface area contributed by atoms with Crippen LogP contribution in [0.3, 0.4) is 0 Å². The summed E-state index contributed by atoms with van der Waals surface area (Å²) in [5.41, 5.74) is 1.88. The molecular weight excluding hydrogens is 247 g/mol. The minimum atomic E-state index is -3.07. The van der Waals surface area contributed by atoms with Gasteiger partial charge in [-0.15, -0.1) is 0 Å². The van der Waals surface area contributed by atoms with Crippen molar-refractivity contribution in [3.8, 4) is 0 Å². The van der Waals surface area contributed by atoms with Crippen LogP contribution in [0.15, 0.2) is 60.7 Å². The molecule has 0 saturated heterocycles. The van der Waals surface area contributed by atoms with Crippen LogP contribution in [-0.2, 0) is 3.74 Å². The summed E-state index contributed by atoms with van der Waals surface area (Å²) in [7, 11) is 0. The Kier molecular flexibility index (Phi) is 2.83. The SMILES string of the molecule is C[As](=O)(c1ccccc1)c1ccccc1. The molecule has 1 nitrogen and oxygen atoms in total. The van der Waals surface area contributed by atoms with Crippen LogP contribution in [0.4, 0.5) is 0 Å². The molecule has 0 saturated carbocycles. The van der Waals surface area contributed by atoms with Crippen LogP contribution in [0.1, 0.15) is 0 Å². The molecule has 0 aliphatic carbocycles. The minimum absolute atomic E-state index is 0.974. The summed E-state index contributed by atoms with van der Waals surface area (Å²) in [6, 6.07) is 19.5. The Balaban J connectivity index is 2.50. The normalized spacial score (nSPS) is 11.3. The second-order valence-electron chi connectivity index (χ2n) is 3.60. The van der Waals surface area contributed by atoms with Crippen molar-refractivity contribution in [2.45, 2.75) is 5.71 Å². The first-order valence-electron chi connectivity index (χ1n) is 4.90. The fourth-order valence-corrected chi connectivity index (χ4v) is 5.31. The predicted molar refractivity (Wildman–Crippen MR) is 64.5 cm³/mol. The maximum atomic E-state index is 12.7. The topological polar surface area (TPSA) is 17.1 Å². The monoisotopic (exact) mass is 260 g/mol. The van der Waals surface area contributed by atoms with E-state index in [1.165, 1.54) is 0 Å². The molecule has 0 amide bonds. The van der Waals surface area contributed by atoms with Crippen LogP contribution in [0, 0.1) is 0 Å². The zero-order valence-electron chi connectivity index (χ0n) is 8.63. The Morgan fingerprint density at radius 3 is 1.40 bits per heavy atom. The summed E-state index contributed by atoms with van der Waals surface area (Å²) >= 11 is -3.07. The van der Waals surface area contributed by atoms with Crippen molar-refractivity contribution in [2.75, 3.05) is 0 Å². The van der Waals surface area contributed by atoms with Crippen LogP contribution in [-0.4, -0.2) is 13.5 Å². The summed E-state index contributed by atoms with van der Waals surface area (Å²) in [4.78, 5) is 0. The Labute approximate surface area is 92.4 Å². The van der Waals surface area contributed by atoms with Gasteiger partial charge >= 0.3 is 92.3 Å². The molecule has 15 heavy (non-hydrogen) atoms. The van der Waals surface area contributed by atoms with Crippen molar-refractivity contribution in [3.05, 3.63) is 60.7 Å². The fourth-order valence-electron chi connectivity index (χ4n) is 1.57. The van der Waals surface area contributed by atoms with Gasteiger partial charge in [-0.3, -0.25) is 0 Å². The van der Waals surface area contributed by atoms with Gasteiger partial charge in [0.15, 0.2) is 0 Å². The van der Waals surface area contributed by atoms with Gasteiger partial charge in [0.1, 0.15) is 0 Å². The number of rotatable bonds is 2. The van der Waals surface area contributed by atoms with Crippen molar-refractivity contribution in [3.63, 3.8) is 0 Å². The summed E-state index contributed by atoms with van der Waals surface area (Å²) in [6.45, 7) is 0.